The van der Waals surface area contributed by atoms with Crippen LogP contribution in [0.15, 0.2) is 51.4 Å². The van der Waals surface area contributed by atoms with E-state index in [9.17, 15) is 0 Å². The zero-order valence-electron chi connectivity index (χ0n) is 11.5. The molecule has 0 heterocycles. The maximum absolute atomic E-state index is 5.75. The molecule has 0 amide bonds. The molecule has 3 N–H and O–H groups in total. The molecule has 0 radical (unpaired) electrons. The summed E-state index contributed by atoms with van der Waals surface area (Å²) in [6.45, 7) is 4.39. The fourth-order valence-corrected chi connectivity index (χ4v) is 3.53. The molecule has 0 fully saturated rings. The lowest BCUT2D eigenvalue weighted by Crippen LogP contribution is -2.28. The zero-order valence-corrected chi connectivity index (χ0v) is 14.7. The molecule has 0 bridgehead atoms. The molecule has 2 aromatic rings. The Labute approximate surface area is 137 Å². The molecule has 2 rings (SSSR count). The molecule has 0 saturated heterocycles. The number of nitrogens with one attached hydrogen (secondary N) is 1. The van der Waals surface area contributed by atoms with E-state index in [-0.39, 0.29) is 6.04 Å². The molecule has 4 heteroatoms. The van der Waals surface area contributed by atoms with E-state index in [1.165, 1.54) is 5.56 Å². The molecule has 0 saturated carbocycles. The Hall–Kier alpha value is -0.680. The lowest BCUT2D eigenvalue weighted by molar-refractivity contribution is 0.636. The second-order valence-corrected chi connectivity index (χ2v) is 6.96. The Kier molecular flexibility index (Phi) is 5.38. The predicted molar refractivity (Wildman–Crippen MR) is 91.5 cm³/mol. The summed E-state index contributed by atoms with van der Waals surface area (Å²) in [5.41, 5.74) is 6.50. The normalized spacial score (nSPS) is 12.7. The summed E-state index contributed by atoms with van der Waals surface area (Å²) in [6.07, 6.45) is 0. The third kappa shape index (κ3) is 3.70. The fourth-order valence-electron chi connectivity index (χ4n) is 2.20. The van der Waals surface area contributed by atoms with E-state index >= 15 is 0 Å². The Bertz CT molecular complexity index is 559. The first-order valence-electron chi connectivity index (χ1n) is 6.53. The predicted octanol–water partition coefficient (Wildman–Crippen LogP) is 4.89. The van der Waals surface area contributed by atoms with Gasteiger partial charge in [0.15, 0.2) is 0 Å². The molecule has 2 nitrogen and oxygen atoms in total. The van der Waals surface area contributed by atoms with Gasteiger partial charge in [0.05, 0.1) is 6.04 Å². The van der Waals surface area contributed by atoms with Crippen molar-refractivity contribution < 1.29 is 0 Å². The van der Waals surface area contributed by atoms with E-state index in [0.29, 0.717) is 5.92 Å². The van der Waals surface area contributed by atoms with Gasteiger partial charge in [-0.2, -0.15) is 0 Å². The second kappa shape index (κ2) is 6.85. The average molecular weight is 398 g/mol. The second-order valence-electron chi connectivity index (χ2n) is 5.12. The van der Waals surface area contributed by atoms with Gasteiger partial charge in [-0.3, -0.25) is 5.84 Å². The lowest BCUT2D eigenvalue weighted by Gasteiger charge is -2.18. The first-order chi connectivity index (χ1) is 9.51. The molecule has 0 spiro atoms. The molecule has 106 valence electrons. The standard InChI is InChI=1S/C16H18Br2N2/c1-10(2)11-3-5-12(6-4-11)16(20-19)13-7-14(17)9-15(18)8-13/h3-10,16,20H,19H2,1-2H3. The van der Waals surface area contributed by atoms with Gasteiger partial charge < -0.3 is 0 Å². The molecule has 0 aliphatic rings. The van der Waals surface area contributed by atoms with Crippen molar-refractivity contribution in [1.82, 2.24) is 5.43 Å². The van der Waals surface area contributed by atoms with Crippen molar-refractivity contribution >= 4 is 31.9 Å². The van der Waals surface area contributed by atoms with Crippen molar-refractivity contribution in [2.24, 2.45) is 5.84 Å². The van der Waals surface area contributed by atoms with E-state index in [2.05, 4.69) is 87.5 Å². The van der Waals surface area contributed by atoms with Gasteiger partial charge in [0.2, 0.25) is 0 Å². The van der Waals surface area contributed by atoms with Crippen molar-refractivity contribution in [2.45, 2.75) is 25.8 Å². The fraction of sp³-hybridized carbons (Fsp3) is 0.250. The molecule has 0 aliphatic carbocycles. The molecular weight excluding hydrogens is 380 g/mol. The van der Waals surface area contributed by atoms with Crippen molar-refractivity contribution in [3.05, 3.63) is 68.1 Å². The zero-order chi connectivity index (χ0) is 14.7. The number of hydrazine groups is 1. The number of hydrogen-bond donors (Lipinski definition) is 2. The Morgan fingerprint density at radius 2 is 1.35 bits per heavy atom. The van der Waals surface area contributed by atoms with Crippen LogP contribution in [-0.2, 0) is 0 Å². The van der Waals surface area contributed by atoms with Gasteiger partial charge in [-0.25, -0.2) is 5.43 Å². The Morgan fingerprint density at radius 1 is 0.850 bits per heavy atom. The molecular formula is C16H18Br2N2. The van der Waals surface area contributed by atoms with Gasteiger partial charge in [0.25, 0.3) is 0 Å². The lowest BCUT2D eigenvalue weighted by atomic mass is 9.96. The maximum Gasteiger partial charge on any atom is 0.0710 e. The first-order valence-corrected chi connectivity index (χ1v) is 8.12. The summed E-state index contributed by atoms with van der Waals surface area (Å²) in [6, 6.07) is 14.7. The smallest absolute Gasteiger partial charge is 0.0710 e. The third-order valence-corrected chi connectivity index (χ3v) is 4.24. The van der Waals surface area contributed by atoms with Crippen LogP contribution in [0.4, 0.5) is 0 Å². The van der Waals surface area contributed by atoms with Crippen LogP contribution in [0, 0.1) is 0 Å². The van der Waals surface area contributed by atoms with Gasteiger partial charge in [-0.1, -0.05) is 70.0 Å². The van der Waals surface area contributed by atoms with Gasteiger partial charge >= 0.3 is 0 Å². The number of benzene rings is 2. The third-order valence-electron chi connectivity index (χ3n) is 3.32. The summed E-state index contributed by atoms with van der Waals surface area (Å²) >= 11 is 7.03. The topological polar surface area (TPSA) is 38.0 Å². The molecule has 1 atom stereocenters. The average Bonchev–Trinajstić information content (AvgIpc) is 2.39. The Balaban J connectivity index is 2.36. The summed E-state index contributed by atoms with van der Waals surface area (Å²) in [5.74, 6) is 6.29. The highest BCUT2D eigenvalue weighted by atomic mass is 79.9. The minimum Gasteiger partial charge on any atom is -0.271 e. The monoisotopic (exact) mass is 396 g/mol. The van der Waals surface area contributed by atoms with Crippen LogP contribution in [0.5, 0.6) is 0 Å². The maximum atomic E-state index is 5.75. The van der Waals surface area contributed by atoms with Crippen LogP contribution >= 0.6 is 31.9 Å². The largest absolute Gasteiger partial charge is 0.271 e. The van der Waals surface area contributed by atoms with Crippen LogP contribution < -0.4 is 11.3 Å². The van der Waals surface area contributed by atoms with Crippen LogP contribution in [-0.4, -0.2) is 0 Å². The van der Waals surface area contributed by atoms with E-state index < -0.39 is 0 Å². The van der Waals surface area contributed by atoms with E-state index in [0.717, 1.165) is 20.1 Å². The van der Waals surface area contributed by atoms with Gasteiger partial charge in [-0.05, 0) is 40.8 Å². The summed E-state index contributed by atoms with van der Waals surface area (Å²) in [7, 11) is 0. The van der Waals surface area contributed by atoms with Crippen LogP contribution in [0.2, 0.25) is 0 Å². The highest BCUT2D eigenvalue weighted by Gasteiger charge is 2.14. The van der Waals surface area contributed by atoms with Crippen LogP contribution in [0.25, 0.3) is 0 Å². The van der Waals surface area contributed by atoms with Gasteiger partial charge in [0.1, 0.15) is 0 Å². The number of halogens is 2. The van der Waals surface area contributed by atoms with E-state index in [1.54, 1.807) is 0 Å². The first kappa shape index (κ1) is 15.7. The molecule has 20 heavy (non-hydrogen) atoms. The van der Waals surface area contributed by atoms with E-state index in [1.807, 2.05) is 6.07 Å². The van der Waals surface area contributed by atoms with Crippen LogP contribution in [0.3, 0.4) is 0 Å². The SMILES string of the molecule is CC(C)c1ccc(C(NN)c2cc(Br)cc(Br)c2)cc1. The van der Waals surface area contributed by atoms with Crippen LogP contribution in [0.1, 0.15) is 42.5 Å². The molecule has 2 aromatic carbocycles. The summed E-state index contributed by atoms with van der Waals surface area (Å²) < 4.78 is 2.06. The highest BCUT2D eigenvalue weighted by molar-refractivity contribution is 9.11. The van der Waals surface area contributed by atoms with Crippen molar-refractivity contribution in [2.75, 3.05) is 0 Å². The number of rotatable bonds is 4. The van der Waals surface area contributed by atoms with Gasteiger partial charge in [-0.15, -0.1) is 0 Å². The minimum atomic E-state index is -0.0231. The van der Waals surface area contributed by atoms with E-state index in [4.69, 9.17) is 5.84 Å². The molecule has 1 unspecified atom stereocenters. The number of hydrogen-bond acceptors (Lipinski definition) is 2. The summed E-state index contributed by atoms with van der Waals surface area (Å²) in [5, 5.41) is 0. The summed E-state index contributed by atoms with van der Waals surface area (Å²) in [4.78, 5) is 0. The van der Waals surface area contributed by atoms with Crippen molar-refractivity contribution in [3.8, 4) is 0 Å². The van der Waals surface area contributed by atoms with Crippen molar-refractivity contribution in [3.63, 3.8) is 0 Å². The number of nitrogens with two attached hydrogens (primary N) is 1. The Morgan fingerprint density at radius 3 is 1.80 bits per heavy atom. The molecule has 0 aliphatic heterocycles. The van der Waals surface area contributed by atoms with Crippen molar-refractivity contribution in [1.29, 1.82) is 0 Å². The quantitative estimate of drug-likeness (QED) is 0.569. The molecule has 0 aromatic heterocycles. The van der Waals surface area contributed by atoms with Gasteiger partial charge in [0, 0.05) is 8.95 Å². The highest BCUT2D eigenvalue weighted by Crippen LogP contribution is 2.28. The minimum absolute atomic E-state index is 0.0231.